The lowest BCUT2D eigenvalue weighted by atomic mass is 9.95. The van der Waals surface area contributed by atoms with Gasteiger partial charge in [0.2, 0.25) is 10.0 Å². The lowest BCUT2D eigenvalue weighted by molar-refractivity contribution is 0.410. The van der Waals surface area contributed by atoms with Crippen LogP contribution in [0, 0.1) is 5.92 Å². The molecule has 0 aliphatic carbocycles. The first-order valence-corrected chi connectivity index (χ1v) is 11.1. The molecule has 3 N–H and O–H groups in total. The lowest BCUT2D eigenvalue weighted by Gasteiger charge is -2.21. The Bertz CT molecular complexity index is 854. The first-order chi connectivity index (χ1) is 13.4. The number of hydrazine groups is 1. The summed E-state index contributed by atoms with van der Waals surface area (Å²) in [4.78, 5) is 0.334. The van der Waals surface area contributed by atoms with Crippen molar-refractivity contribution < 1.29 is 8.42 Å². The summed E-state index contributed by atoms with van der Waals surface area (Å²) in [7, 11) is -1.82. The van der Waals surface area contributed by atoms with Crippen molar-refractivity contribution in [3.8, 4) is 0 Å². The van der Waals surface area contributed by atoms with E-state index < -0.39 is 10.0 Å². The van der Waals surface area contributed by atoms with E-state index in [1.807, 2.05) is 32.0 Å². The molecule has 6 nitrogen and oxygen atoms in total. The second-order valence-corrected chi connectivity index (χ2v) is 9.56. The van der Waals surface area contributed by atoms with Crippen LogP contribution >= 0.6 is 0 Å². The third-order valence-electron chi connectivity index (χ3n) is 5.32. The fraction of sp³-hybridized carbons (Fsp3) is 0.429. The molecule has 2 aromatic rings. The van der Waals surface area contributed by atoms with Crippen LogP contribution in [0.3, 0.4) is 0 Å². The summed E-state index contributed by atoms with van der Waals surface area (Å²) in [6.45, 7) is 6.22. The first-order valence-electron chi connectivity index (χ1n) is 9.70. The number of hydrogen-bond acceptors (Lipinski definition) is 5. The molecule has 2 unspecified atom stereocenters. The zero-order chi connectivity index (χ0) is 20.1. The zero-order valence-electron chi connectivity index (χ0n) is 16.7. The van der Waals surface area contributed by atoms with Gasteiger partial charge in [-0.15, -0.1) is 0 Å². The molecular formula is C21H30N4O2S. The van der Waals surface area contributed by atoms with Crippen LogP contribution < -0.4 is 16.2 Å². The molecule has 0 saturated carbocycles. The van der Waals surface area contributed by atoms with Gasteiger partial charge in [0.05, 0.1) is 10.9 Å². The fourth-order valence-corrected chi connectivity index (χ4v) is 4.73. The molecule has 152 valence electrons. The number of nitrogens with zero attached hydrogens (tertiary/aromatic N) is 1. The van der Waals surface area contributed by atoms with Crippen LogP contribution in [-0.2, 0) is 16.6 Å². The van der Waals surface area contributed by atoms with E-state index in [1.165, 1.54) is 9.87 Å². The average Bonchev–Trinajstić information content (AvgIpc) is 3.17. The molecule has 2 aromatic carbocycles. The van der Waals surface area contributed by atoms with E-state index in [1.54, 1.807) is 19.2 Å². The molecule has 1 saturated heterocycles. The van der Waals surface area contributed by atoms with Crippen LogP contribution in [-0.4, -0.2) is 38.9 Å². The van der Waals surface area contributed by atoms with Crippen molar-refractivity contribution in [1.82, 2.24) is 20.5 Å². The summed E-state index contributed by atoms with van der Waals surface area (Å²) in [5, 5.41) is 3.50. The van der Waals surface area contributed by atoms with Gasteiger partial charge >= 0.3 is 0 Å². The Balaban J connectivity index is 1.56. The second-order valence-electron chi connectivity index (χ2n) is 7.56. The largest absolute Gasteiger partial charge is 0.312 e. The molecular weight excluding hydrogens is 372 g/mol. The maximum Gasteiger partial charge on any atom is 0.243 e. The quantitative estimate of drug-likeness (QED) is 0.632. The molecule has 28 heavy (non-hydrogen) atoms. The third-order valence-corrected chi connectivity index (χ3v) is 7.36. The van der Waals surface area contributed by atoms with Crippen LogP contribution in [0.15, 0.2) is 59.5 Å². The van der Waals surface area contributed by atoms with Gasteiger partial charge in [-0.1, -0.05) is 42.5 Å². The van der Waals surface area contributed by atoms with Gasteiger partial charge in [-0.05, 0) is 37.1 Å². The maximum atomic E-state index is 12.5. The Morgan fingerprint density at radius 1 is 1.11 bits per heavy atom. The Kier molecular flexibility index (Phi) is 6.85. The monoisotopic (exact) mass is 402 g/mol. The minimum atomic E-state index is -3.43. The van der Waals surface area contributed by atoms with Crippen LogP contribution in [0.25, 0.3) is 0 Å². The second kappa shape index (κ2) is 9.15. The SMILES string of the molecule is CC(C)N(C)S(=O)(=O)c1ccc(CNCC2CNNC2c2ccccc2)cc1. The summed E-state index contributed by atoms with van der Waals surface area (Å²) in [5.74, 6) is 0.446. The lowest BCUT2D eigenvalue weighted by Crippen LogP contribution is -2.33. The molecule has 1 aliphatic rings. The minimum absolute atomic E-state index is 0.0717. The summed E-state index contributed by atoms with van der Waals surface area (Å²) in [6, 6.07) is 17.8. The molecule has 3 rings (SSSR count). The summed E-state index contributed by atoms with van der Waals surface area (Å²) in [5.41, 5.74) is 8.96. The topological polar surface area (TPSA) is 73.5 Å². The highest BCUT2D eigenvalue weighted by atomic mass is 32.2. The molecule has 1 heterocycles. The van der Waals surface area contributed by atoms with Crippen molar-refractivity contribution in [2.24, 2.45) is 5.92 Å². The van der Waals surface area contributed by atoms with Gasteiger partial charge in [-0.3, -0.25) is 5.43 Å². The third kappa shape index (κ3) is 4.79. The highest BCUT2D eigenvalue weighted by Gasteiger charge is 2.27. The van der Waals surface area contributed by atoms with Gasteiger partial charge in [0.1, 0.15) is 0 Å². The molecule has 7 heteroatoms. The van der Waals surface area contributed by atoms with Crippen LogP contribution in [0.5, 0.6) is 0 Å². The minimum Gasteiger partial charge on any atom is -0.312 e. The van der Waals surface area contributed by atoms with Crippen molar-refractivity contribution in [3.63, 3.8) is 0 Å². The Morgan fingerprint density at radius 2 is 1.79 bits per heavy atom. The smallest absolute Gasteiger partial charge is 0.243 e. The van der Waals surface area contributed by atoms with E-state index >= 15 is 0 Å². The normalized spacial score (nSPS) is 20.2. The molecule has 1 aliphatic heterocycles. The van der Waals surface area contributed by atoms with Gasteiger partial charge in [0.15, 0.2) is 0 Å². The summed E-state index contributed by atoms with van der Waals surface area (Å²) in [6.07, 6.45) is 0. The Hall–Kier alpha value is -1.77. The van der Waals surface area contributed by atoms with Crippen LogP contribution in [0.1, 0.15) is 31.0 Å². The summed E-state index contributed by atoms with van der Waals surface area (Å²) >= 11 is 0. The fourth-order valence-electron chi connectivity index (χ4n) is 3.37. The summed E-state index contributed by atoms with van der Waals surface area (Å²) < 4.78 is 26.5. The first kappa shape index (κ1) is 21.0. The van der Waals surface area contributed by atoms with Gasteiger partial charge < -0.3 is 5.32 Å². The molecule has 0 aromatic heterocycles. The highest BCUT2D eigenvalue weighted by molar-refractivity contribution is 7.89. The van der Waals surface area contributed by atoms with Crippen LogP contribution in [0.4, 0.5) is 0 Å². The number of benzene rings is 2. The molecule has 2 atom stereocenters. The highest BCUT2D eigenvalue weighted by Crippen LogP contribution is 2.24. The molecule has 0 radical (unpaired) electrons. The predicted octanol–water partition coefficient (Wildman–Crippen LogP) is 2.27. The van der Waals surface area contributed by atoms with E-state index in [0.29, 0.717) is 17.4 Å². The molecule has 0 spiro atoms. The van der Waals surface area contributed by atoms with E-state index in [4.69, 9.17) is 0 Å². The van der Waals surface area contributed by atoms with Crippen molar-refractivity contribution in [2.75, 3.05) is 20.1 Å². The van der Waals surface area contributed by atoms with Crippen molar-refractivity contribution >= 4 is 10.0 Å². The molecule has 1 fully saturated rings. The predicted molar refractivity (Wildman–Crippen MR) is 112 cm³/mol. The Morgan fingerprint density at radius 3 is 2.43 bits per heavy atom. The Labute approximate surface area is 168 Å². The van der Waals surface area contributed by atoms with E-state index in [2.05, 4.69) is 40.4 Å². The zero-order valence-corrected chi connectivity index (χ0v) is 17.5. The van der Waals surface area contributed by atoms with Gasteiger partial charge in [-0.25, -0.2) is 13.8 Å². The number of hydrogen-bond donors (Lipinski definition) is 3. The van der Waals surface area contributed by atoms with Crippen molar-refractivity contribution in [3.05, 3.63) is 65.7 Å². The maximum absolute atomic E-state index is 12.5. The molecule has 0 bridgehead atoms. The van der Waals surface area contributed by atoms with Crippen molar-refractivity contribution in [2.45, 2.75) is 37.4 Å². The average molecular weight is 403 g/mol. The standard InChI is InChI=1S/C21H30N4O2S/c1-16(2)25(3)28(26,27)20-11-9-17(10-12-20)13-22-14-19-15-23-24-21(19)18-7-5-4-6-8-18/h4-12,16,19,21-24H,13-15H2,1-3H3. The van der Waals surface area contributed by atoms with Gasteiger partial charge in [0, 0.05) is 38.6 Å². The number of sulfonamides is 1. The van der Waals surface area contributed by atoms with Crippen molar-refractivity contribution in [1.29, 1.82) is 0 Å². The van der Waals surface area contributed by atoms with E-state index in [0.717, 1.165) is 18.7 Å². The number of nitrogens with one attached hydrogen (secondary N) is 3. The van der Waals surface area contributed by atoms with E-state index in [-0.39, 0.29) is 12.1 Å². The van der Waals surface area contributed by atoms with Gasteiger partial charge in [0.25, 0.3) is 0 Å². The van der Waals surface area contributed by atoms with Crippen LogP contribution in [0.2, 0.25) is 0 Å². The number of rotatable bonds is 8. The molecule has 0 amide bonds. The van der Waals surface area contributed by atoms with Gasteiger partial charge in [-0.2, -0.15) is 4.31 Å². The van der Waals surface area contributed by atoms with E-state index in [9.17, 15) is 8.42 Å².